The predicted octanol–water partition coefficient (Wildman–Crippen LogP) is 1.97. The van der Waals surface area contributed by atoms with Gasteiger partial charge in [0.15, 0.2) is 0 Å². The van der Waals surface area contributed by atoms with E-state index in [4.69, 9.17) is 0 Å². The van der Waals surface area contributed by atoms with Crippen LogP contribution in [0.1, 0.15) is 5.56 Å². The van der Waals surface area contributed by atoms with E-state index in [2.05, 4.69) is 15.9 Å². The number of nitrogens with zero attached hydrogens (tertiary/aromatic N) is 1. The van der Waals surface area contributed by atoms with Gasteiger partial charge in [0.05, 0.1) is 6.42 Å². The van der Waals surface area contributed by atoms with Gasteiger partial charge in [-0.05, 0) is 17.7 Å². The Hall–Kier alpha value is -0.830. The Bertz CT molecular complexity index is 348. The number of amides is 1. The monoisotopic (exact) mass is 225 g/mol. The molecule has 0 fully saturated rings. The van der Waals surface area contributed by atoms with Gasteiger partial charge in [0.1, 0.15) is 0 Å². The number of fused-ring (bicyclic) bond motifs is 1. The normalized spacial score (nSPS) is 15.2. The average molecular weight is 226 g/mol. The quantitative estimate of drug-likeness (QED) is 0.662. The Balaban J connectivity index is 2.60. The van der Waals surface area contributed by atoms with Crippen molar-refractivity contribution in [2.24, 2.45) is 0 Å². The smallest absolute Gasteiger partial charge is 0.231 e. The van der Waals surface area contributed by atoms with Gasteiger partial charge in [0.2, 0.25) is 5.91 Å². The van der Waals surface area contributed by atoms with E-state index in [0.29, 0.717) is 6.42 Å². The van der Waals surface area contributed by atoms with E-state index in [1.807, 2.05) is 18.2 Å². The van der Waals surface area contributed by atoms with Crippen molar-refractivity contribution in [1.29, 1.82) is 0 Å². The lowest BCUT2D eigenvalue weighted by atomic mass is 10.2. The van der Waals surface area contributed by atoms with Crippen LogP contribution in [0.3, 0.4) is 0 Å². The van der Waals surface area contributed by atoms with Gasteiger partial charge in [-0.1, -0.05) is 22.0 Å². The number of halogens is 1. The molecule has 0 atom stereocenters. The summed E-state index contributed by atoms with van der Waals surface area (Å²) in [6.07, 6.45) is 0.521. The van der Waals surface area contributed by atoms with Crippen molar-refractivity contribution in [3.05, 3.63) is 28.2 Å². The van der Waals surface area contributed by atoms with Crippen LogP contribution in [0.4, 0.5) is 5.69 Å². The molecule has 0 radical (unpaired) electrons. The standard InChI is InChI=1S/C9H8BrNO/c1-11-8-4-2-3-7(10)6(8)5-9(11)12/h2-4H,5H2,1H3. The number of anilines is 1. The maximum atomic E-state index is 11.3. The SMILES string of the molecule is CN1C(=O)Cc2c(Br)cccc21. The largest absolute Gasteiger partial charge is 0.315 e. The summed E-state index contributed by atoms with van der Waals surface area (Å²) in [5.41, 5.74) is 2.12. The van der Waals surface area contributed by atoms with Gasteiger partial charge < -0.3 is 4.90 Å². The molecule has 2 nitrogen and oxygen atoms in total. The van der Waals surface area contributed by atoms with Crippen LogP contribution >= 0.6 is 15.9 Å². The van der Waals surface area contributed by atoms with E-state index in [9.17, 15) is 4.79 Å². The van der Waals surface area contributed by atoms with Crippen molar-refractivity contribution < 1.29 is 4.79 Å². The number of benzene rings is 1. The molecule has 0 spiro atoms. The van der Waals surface area contributed by atoms with E-state index >= 15 is 0 Å². The lowest BCUT2D eigenvalue weighted by Gasteiger charge is -2.09. The van der Waals surface area contributed by atoms with Crippen LogP contribution < -0.4 is 4.90 Å². The molecule has 1 aliphatic heterocycles. The third-order valence-corrected chi connectivity index (χ3v) is 2.90. The van der Waals surface area contributed by atoms with Crippen molar-refractivity contribution in [3.63, 3.8) is 0 Å². The molecule has 12 heavy (non-hydrogen) atoms. The summed E-state index contributed by atoms with van der Waals surface area (Å²) in [5, 5.41) is 0. The zero-order valence-corrected chi connectivity index (χ0v) is 8.26. The van der Waals surface area contributed by atoms with Crippen LogP contribution in [-0.2, 0) is 11.2 Å². The number of hydrogen-bond acceptors (Lipinski definition) is 1. The molecule has 3 heteroatoms. The minimum absolute atomic E-state index is 0.164. The van der Waals surface area contributed by atoms with Crippen LogP contribution in [0.15, 0.2) is 22.7 Å². The molecule has 0 aliphatic carbocycles. The van der Waals surface area contributed by atoms with Crippen molar-refractivity contribution >= 4 is 27.5 Å². The van der Waals surface area contributed by atoms with Gasteiger partial charge in [0.25, 0.3) is 0 Å². The van der Waals surface area contributed by atoms with E-state index in [1.54, 1.807) is 11.9 Å². The fourth-order valence-corrected chi connectivity index (χ4v) is 1.94. The van der Waals surface area contributed by atoms with Gasteiger partial charge in [-0.25, -0.2) is 0 Å². The van der Waals surface area contributed by atoms with Gasteiger partial charge in [-0.2, -0.15) is 0 Å². The highest BCUT2D eigenvalue weighted by atomic mass is 79.9. The first-order valence-electron chi connectivity index (χ1n) is 3.74. The first kappa shape index (κ1) is 7.80. The van der Waals surface area contributed by atoms with E-state index in [-0.39, 0.29) is 5.91 Å². The first-order chi connectivity index (χ1) is 5.70. The molecule has 1 aromatic carbocycles. The summed E-state index contributed by atoms with van der Waals surface area (Å²) in [5.74, 6) is 0.164. The van der Waals surface area contributed by atoms with Crippen LogP contribution in [0.25, 0.3) is 0 Å². The third-order valence-electron chi connectivity index (χ3n) is 2.16. The number of carbonyl (C=O) groups is 1. The van der Waals surface area contributed by atoms with Crippen molar-refractivity contribution in [2.75, 3.05) is 11.9 Å². The molecule has 1 aliphatic rings. The molecule has 0 unspecified atom stereocenters. The summed E-state index contributed by atoms with van der Waals surface area (Å²) < 4.78 is 1.03. The minimum Gasteiger partial charge on any atom is -0.315 e. The van der Waals surface area contributed by atoms with Crippen LogP contribution in [0, 0.1) is 0 Å². The Labute approximate surface area is 79.3 Å². The molecule has 0 bridgehead atoms. The highest BCUT2D eigenvalue weighted by molar-refractivity contribution is 9.10. The molecule has 0 aromatic heterocycles. The minimum atomic E-state index is 0.164. The molecule has 1 amide bonds. The summed E-state index contributed by atoms with van der Waals surface area (Å²) in [7, 11) is 1.81. The number of likely N-dealkylation sites (N-methyl/N-ethyl adjacent to an activating group) is 1. The Morgan fingerprint density at radius 1 is 1.50 bits per heavy atom. The Morgan fingerprint density at radius 2 is 2.25 bits per heavy atom. The van der Waals surface area contributed by atoms with Crippen molar-refractivity contribution in [2.45, 2.75) is 6.42 Å². The fourth-order valence-electron chi connectivity index (χ4n) is 1.44. The molecular weight excluding hydrogens is 218 g/mol. The topological polar surface area (TPSA) is 20.3 Å². The van der Waals surface area contributed by atoms with Gasteiger partial charge in [0, 0.05) is 17.2 Å². The second-order valence-corrected chi connectivity index (χ2v) is 3.72. The van der Waals surface area contributed by atoms with Crippen LogP contribution in [0.2, 0.25) is 0 Å². The molecule has 0 saturated heterocycles. The Morgan fingerprint density at radius 3 is 2.92 bits per heavy atom. The van der Waals surface area contributed by atoms with E-state index < -0.39 is 0 Å². The zero-order chi connectivity index (χ0) is 8.72. The molecule has 0 saturated carbocycles. The fraction of sp³-hybridized carbons (Fsp3) is 0.222. The van der Waals surface area contributed by atoms with Gasteiger partial charge >= 0.3 is 0 Å². The van der Waals surface area contributed by atoms with Gasteiger partial charge in [-0.15, -0.1) is 0 Å². The van der Waals surface area contributed by atoms with Crippen LogP contribution in [-0.4, -0.2) is 13.0 Å². The van der Waals surface area contributed by atoms with E-state index in [0.717, 1.165) is 15.7 Å². The highest BCUT2D eigenvalue weighted by Crippen LogP contribution is 2.32. The average Bonchev–Trinajstić information content (AvgIpc) is 2.32. The second-order valence-electron chi connectivity index (χ2n) is 2.87. The van der Waals surface area contributed by atoms with E-state index in [1.165, 1.54) is 0 Å². The maximum absolute atomic E-state index is 11.3. The predicted molar refractivity (Wildman–Crippen MR) is 51.3 cm³/mol. The maximum Gasteiger partial charge on any atom is 0.231 e. The van der Waals surface area contributed by atoms with Crippen LogP contribution in [0.5, 0.6) is 0 Å². The summed E-state index contributed by atoms with van der Waals surface area (Å²) in [6, 6.07) is 5.87. The first-order valence-corrected chi connectivity index (χ1v) is 4.53. The summed E-state index contributed by atoms with van der Waals surface area (Å²) in [4.78, 5) is 13.0. The number of rotatable bonds is 0. The van der Waals surface area contributed by atoms with Crippen molar-refractivity contribution in [3.8, 4) is 0 Å². The number of carbonyl (C=O) groups excluding carboxylic acids is 1. The highest BCUT2D eigenvalue weighted by Gasteiger charge is 2.24. The molecule has 2 rings (SSSR count). The Kier molecular flexibility index (Phi) is 1.68. The van der Waals surface area contributed by atoms with Gasteiger partial charge in [-0.3, -0.25) is 4.79 Å². The molecule has 1 aromatic rings. The third kappa shape index (κ3) is 0.966. The number of hydrogen-bond donors (Lipinski definition) is 0. The molecule has 0 N–H and O–H groups in total. The lowest BCUT2D eigenvalue weighted by molar-refractivity contribution is -0.117. The molecule has 1 heterocycles. The zero-order valence-electron chi connectivity index (χ0n) is 6.67. The summed E-state index contributed by atoms with van der Waals surface area (Å²) >= 11 is 3.42. The second kappa shape index (κ2) is 2.59. The summed E-state index contributed by atoms with van der Waals surface area (Å²) in [6.45, 7) is 0. The van der Waals surface area contributed by atoms with Crippen molar-refractivity contribution in [1.82, 2.24) is 0 Å². The lowest BCUT2D eigenvalue weighted by Crippen LogP contribution is -2.20. The molecular formula is C9H8BrNO. The molecule has 62 valence electrons.